The Balaban J connectivity index is 2.62. The molecule has 1 fully saturated rings. The summed E-state index contributed by atoms with van der Waals surface area (Å²) < 4.78 is 22.6. The first kappa shape index (κ1) is 12.4. The third-order valence-corrected chi connectivity index (χ3v) is 4.39. The number of nitrogens with one attached hydrogen (secondary N) is 1. The maximum atomic E-state index is 11.8. The largest absolute Gasteiger partial charge is 0.340 e. The second kappa shape index (κ2) is 4.94. The van der Waals surface area contributed by atoms with Crippen LogP contribution >= 0.6 is 0 Å². The van der Waals surface area contributed by atoms with E-state index in [-0.39, 0.29) is 23.5 Å². The zero-order valence-electron chi connectivity index (χ0n) is 9.19. The van der Waals surface area contributed by atoms with Crippen molar-refractivity contribution in [1.82, 2.24) is 10.2 Å². The average Bonchev–Trinajstić information content (AvgIpc) is 2.37. The van der Waals surface area contributed by atoms with Crippen molar-refractivity contribution in [3.63, 3.8) is 0 Å². The van der Waals surface area contributed by atoms with E-state index in [4.69, 9.17) is 0 Å². The number of likely N-dealkylation sites (N-methyl/N-ethyl adjacent to an activating group) is 1. The number of carbonyl (C=O) groups is 1. The number of hydrogen-bond acceptors (Lipinski definition) is 4. The molecule has 0 aromatic heterocycles. The molecule has 1 unspecified atom stereocenters. The molecule has 0 aromatic carbocycles. The highest BCUT2D eigenvalue weighted by atomic mass is 32.2. The quantitative estimate of drug-likeness (QED) is 0.682. The van der Waals surface area contributed by atoms with Crippen LogP contribution in [0.1, 0.15) is 13.3 Å². The van der Waals surface area contributed by atoms with Gasteiger partial charge in [-0.25, -0.2) is 8.42 Å². The Bertz CT molecular complexity index is 326. The highest BCUT2D eigenvalue weighted by molar-refractivity contribution is 7.91. The van der Waals surface area contributed by atoms with Crippen LogP contribution in [0.3, 0.4) is 0 Å². The van der Waals surface area contributed by atoms with Gasteiger partial charge in [0.05, 0.1) is 17.5 Å². The molecule has 1 aliphatic heterocycles. The van der Waals surface area contributed by atoms with E-state index in [9.17, 15) is 13.2 Å². The summed E-state index contributed by atoms with van der Waals surface area (Å²) in [5, 5.41) is 2.86. The lowest BCUT2D eigenvalue weighted by Gasteiger charge is -2.23. The van der Waals surface area contributed by atoms with Crippen LogP contribution in [0, 0.1) is 0 Å². The number of rotatable bonds is 2. The number of nitrogens with zero attached hydrogens (tertiary/aromatic N) is 1. The van der Waals surface area contributed by atoms with Gasteiger partial charge >= 0.3 is 0 Å². The van der Waals surface area contributed by atoms with E-state index in [0.717, 1.165) is 0 Å². The molecule has 1 saturated heterocycles. The van der Waals surface area contributed by atoms with Gasteiger partial charge in [0, 0.05) is 13.1 Å². The summed E-state index contributed by atoms with van der Waals surface area (Å²) in [5.74, 6) is 0.273. The van der Waals surface area contributed by atoms with Gasteiger partial charge in [0.25, 0.3) is 0 Å². The van der Waals surface area contributed by atoms with Crippen LogP contribution in [0.15, 0.2) is 0 Å². The minimum atomic E-state index is -2.93. The Morgan fingerprint density at radius 2 is 2.00 bits per heavy atom. The van der Waals surface area contributed by atoms with Crippen LogP contribution in [0.25, 0.3) is 0 Å². The highest BCUT2D eigenvalue weighted by Crippen LogP contribution is 2.06. The number of amides is 1. The van der Waals surface area contributed by atoms with E-state index in [1.807, 2.05) is 0 Å². The summed E-state index contributed by atoms with van der Waals surface area (Å²) in [7, 11) is -1.21. The summed E-state index contributed by atoms with van der Waals surface area (Å²) in [6, 6.07) is -0.245. The molecule has 1 heterocycles. The maximum absolute atomic E-state index is 11.8. The molecular formula is C9H18N2O3S. The molecule has 1 atom stereocenters. The molecule has 15 heavy (non-hydrogen) atoms. The third kappa shape index (κ3) is 3.46. The Morgan fingerprint density at radius 3 is 2.60 bits per heavy atom. The van der Waals surface area contributed by atoms with E-state index < -0.39 is 9.84 Å². The fraction of sp³-hybridized carbons (Fsp3) is 0.889. The van der Waals surface area contributed by atoms with Crippen molar-refractivity contribution >= 4 is 15.7 Å². The summed E-state index contributed by atoms with van der Waals surface area (Å²) in [4.78, 5) is 13.4. The lowest BCUT2D eigenvalue weighted by molar-refractivity contribution is -0.132. The SMILES string of the molecule is CNC(C)C(=O)N1CCCS(=O)(=O)CC1. The van der Waals surface area contributed by atoms with E-state index in [1.165, 1.54) is 0 Å². The normalized spacial score (nSPS) is 23.2. The van der Waals surface area contributed by atoms with Gasteiger partial charge in [0.1, 0.15) is 0 Å². The predicted octanol–water partition coefficient (Wildman–Crippen LogP) is -0.759. The van der Waals surface area contributed by atoms with Gasteiger partial charge in [-0.1, -0.05) is 0 Å². The standard InChI is InChI=1S/C9H18N2O3S/c1-8(10-2)9(12)11-4-3-6-15(13,14)7-5-11/h8,10H,3-7H2,1-2H3. The molecule has 1 N–H and O–H groups in total. The van der Waals surface area contributed by atoms with Crippen LogP contribution in [0.4, 0.5) is 0 Å². The van der Waals surface area contributed by atoms with E-state index >= 15 is 0 Å². The molecule has 5 nitrogen and oxygen atoms in total. The van der Waals surface area contributed by atoms with Gasteiger partial charge in [0.2, 0.25) is 5.91 Å². The predicted molar refractivity (Wildman–Crippen MR) is 58.4 cm³/mol. The number of hydrogen-bond donors (Lipinski definition) is 1. The zero-order valence-corrected chi connectivity index (χ0v) is 10.0. The highest BCUT2D eigenvalue weighted by Gasteiger charge is 2.24. The first-order valence-corrected chi connectivity index (χ1v) is 6.95. The van der Waals surface area contributed by atoms with Crippen molar-refractivity contribution < 1.29 is 13.2 Å². The Morgan fingerprint density at radius 1 is 1.33 bits per heavy atom. The molecule has 88 valence electrons. The van der Waals surface area contributed by atoms with Crippen LogP contribution < -0.4 is 5.32 Å². The smallest absolute Gasteiger partial charge is 0.239 e. The van der Waals surface area contributed by atoms with Gasteiger partial charge in [-0.2, -0.15) is 0 Å². The minimum absolute atomic E-state index is 0.0189. The molecule has 1 rings (SSSR count). The van der Waals surface area contributed by atoms with Gasteiger partial charge in [-0.05, 0) is 20.4 Å². The molecule has 0 radical (unpaired) electrons. The molecule has 1 aliphatic rings. The Labute approximate surface area is 90.7 Å². The van der Waals surface area contributed by atoms with Crippen LogP contribution in [-0.2, 0) is 14.6 Å². The summed E-state index contributed by atoms with van der Waals surface area (Å²) >= 11 is 0. The van der Waals surface area contributed by atoms with Crippen molar-refractivity contribution in [1.29, 1.82) is 0 Å². The summed E-state index contributed by atoms with van der Waals surface area (Å²) in [5.41, 5.74) is 0. The number of sulfone groups is 1. The summed E-state index contributed by atoms with van der Waals surface area (Å²) in [6.45, 7) is 2.65. The van der Waals surface area contributed by atoms with Crippen LogP contribution in [-0.4, -0.2) is 56.9 Å². The first-order chi connectivity index (χ1) is 6.96. The van der Waals surface area contributed by atoms with E-state index in [0.29, 0.717) is 19.5 Å². The van der Waals surface area contributed by atoms with Crippen LogP contribution in [0.5, 0.6) is 0 Å². The van der Waals surface area contributed by atoms with Gasteiger partial charge in [-0.15, -0.1) is 0 Å². The molecule has 0 aromatic rings. The second-order valence-electron chi connectivity index (χ2n) is 3.84. The Kier molecular flexibility index (Phi) is 4.10. The summed E-state index contributed by atoms with van der Waals surface area (Å²) in [6.07, 6.45) is 0.546. The molecule has 0 bridgehead atoms. The maximum Gasteiger partial charge on any atom is 0.239 e. The topological polar surface area (TPSA) is 66.5 Å². The minimum Gasteiger partial charge on any atom is -0.340 e. The molecule has 1 amide bonds. The lowest BCUT2D eigenvalue weighted by atomic mass is 10.2. The zero-order chi connectivity index (χ0) is 11.5. The molecule has 0 spiro atoms. The van der Waals surface area contributed by atoms with E-state index in [2.05, 4.69) is 5.32 Å². The van der Waals surface area contributed by atoms with Gasteiger partial charge in [0.15, 0.2) is 9.84 Å². The van der Waals surface area contributed by atoms with Gasteiger partial charge in [-0.3, -0.25) is 4.79 Å². The van der Waals surface area contributed by atoms with Crippen molar-refractivity contribution in [3.8, 4) is 0 Å². The molecule has 0 aliphatic carbocycles. The van der Waals surface area contributed by atoms with Crippen molar-refractivity contribution in [2.24, 2.45) is 0 Å². The van der Waals surface area contributed by atoms with Crippen molar-refractivity contribution in [2.75, 3.05) is 31.6 Å². The van der Waals surface area contributed by atoms with Gasteiger partial charge < -0.3 is 10.2 Å². The Hall–Kier alpha value is -0.620. The van der Waals surface area contributed by atoms with Crippen molar-refractivity contribution in [2.45, 2.75) is 19.4 Å². The fourth-order valence-corrected chi connectivity index (χ4v) is 2.83. The van der Waals surface area contributed by atoms with Crippen LogP contribution in [0.2, 0.25) is 0 Å². The third-order valence-electron chi connectivity index (χ3n) is 2.67. The molecular weight excluding hydrogens is 216 g/mol. The second-order valence-corrected chi connectivity index (χ2v) is 6.14. The average molecular weight is 234 g/mol. The van der Waals surface area contributed by atoms with E-state index in [1.54, 1.807) is 18.9 Å². The first-order valence-electron chi connectivity index (χ1n) is 5.13. The monoisotopic (exact) mass is 234 g/mol. The molecule has 6 heteroatoms. The fourth-order valence-electron chi connectivity index (χ4n) is 1.56. The lowest BCUT2D eigenvalue weighted by Crippen LogP contribution is -2.44. The van der Waals surface area contributed by atoms with Crippen molar-refractivity contribution in [3.05, 3.63) is 0 Å². The molecule has 0 saturated carbocycles. The number of carbonyl (C=O) groups excluding carboxylic acids is 1.